The van der Waals surface area contributed by atoms with E-state index >= 15 is 0 Å². The van der Waals surface area contributed by atoms with Crippen LogP contribution in [0.2, 0.25) is 0 Å². The molecule has 10 heteroatoms. The number of aliphatic hydroxyl groups is 1. The summed E-state index contributed by atoms with van der Waals surface area (Å²) < 4.78 is 50.0. The summed E-state index contributed by atoms with van der Waals surface area (Å²) in [6, 6.07) is 3.57. The van der Waals surface area contributed by atoms with Crippen LogP contribution < -0.4 is 10.6 Å². The molecule has 1 aromatic carbocycles. The van der Waals surface area contributed by atoms with Gasteiger partial charge in [-0.05, 0) is 56.8 Å². The quantitative estimate of drug-likeness (QED) is 0.432. The summed E-state index contributed by atoms with van der Waals surface area (Å²) in [6.07, 6.45) is 8.53. The highest BCUT2D eigenvalue weighted by atomic mass is 19.1. The fraction of sp³-hybridized carbons (Fsp3) is 0.538. The number of hydrogen-bond donors (Lipinski definition) is 3. The van der Waals surface area contributed by atoms with Gasteiger partial charge in [0.05, 0.1) is 17.8 Å². The maximum absolute atomic E-state index is 14.5. The van der Waals surface area contributed by atoms with Crippen molar-refractivity contribution in [3.8, 4) is 0 Å². The van der Waals surface area contributed by atoms with Crippen LogP contribution in [0, 0.1) is 22.9 Å². The Balaban J connectivity index is 1.34. The number of ether oxygens (including phenoxy) is 1. The van der Waals surface area contributed by atoms with Crippen LogP contribution in [-0.4, -0.2) is 45.0 Å². The number of nitrogens with zero attached hydrogens (tertiary/aromatic N) is 3. The number of anilines is 3. The molecular formula is C26H30F3N5O2. The van der Waals surface area contributed by atoms with Gasteiger partial charge in [0.2, 0.25) is 5.95 Å². The molecule has 3 heterocycles. The van der Waals surface area contributed by atoms with E-state index in [2.05, 4.69) is 20.6 Å². The van der Waals surface area contributed by atoms with E-state index in [0.717, 1.165) is 70.1 Å². The van der Waals surface area contributed by atoms with Gasteiger partial charge in [0.25, 0.3) is 0 Å². The highest BCUT2D eigenvalue weighted by Crippen LogP contribution is 2.56. The number of halogens is 3. The van der Waals surface area contributed by atoms with Crippen LogP contribution >= 0.6 is 0 Å². The predicted octanol–water partition coefficient (Wildman–Crippen LogP) is 5.44. The molecule has 3 N–H and O–H groups in total. The molecule has 0 radical (unpaired) electrons. The van der Waals surface area contributed by atoms with Crippen LogP contribution in [0.5, 0.6) is 0 Å². The molecule has 2 aliphatic carbocycles. The topological polar surface area (TPSA) is 84.2 Å². The zero-order valence-corrected chi connectivity index (χ0v) is 19.9. The first-order chi connectivity index (χ1) is 17.4. The second-order valence-electron chi connectivity index (χ2n) is 10.6. The van der Waals surface area contributed by atoms with Gasteiger partial charge in [0.15, 0.2) is 11.6 Å². The van der Waals surface area contributed by atoms with Crippen molar-refractivity contribution in [2.45, 2.75) is 69.6 Å². The van der Waals surface area contributed by atoms with E-state index in [-0.39, 0.29) is 23.6 Å². The molecule has 0 atom stereocenters. The second-order valence-corrected chi connectivity index (χ2v) is 10.6. The van der Waals surface area contributed by atoms with E-state index < -0.39 is 23.1 Å². The van der Waals surface area contributed by atoms with Crippen molar-refractivity contribution < 1.29 is 23.0 Å². The van der Waals surface area contributed by atoms with Crippen molar-refractivity contribution in [3.05, 3.63) is 41.8 Å². The standard InChI is InChI=1S/C26H30F3N5O2/c27-15-9-19(28)24(20(29)10-15)33-25-32-21-14-30-23(31-16-1-3-18(35)4-2-16)11-22(21)34(25)17-12-26(13-17)5-7-36-8-6-26/h9-11,14,16-18,35H,1-8,12-13H2,(H,30,31)(H,32,33). The summed E-state index contributed by atoms with van der Waals surface area (Å²) in [4.78, 5) is 9.15. The van der Waals surface area contributed by atoms with Gasteiger partial charge >= 0.3 is 0 Å². The van der Waals surface area contributed by atoms with E-state index in [9.17, 15) is 18.3 Å². The van der Waals surface area contributed by atoms with Gasteiger partial charge in [-0.25, -0.2) is 23.1 Å². The lowest BCUT2D eigenvalue weighted by Crippen LogP contribution is -2.42. The molecule has 6 rings (SSSR count). The van der Waals surface area contributed by atoms with Crippen molar-refractivity contribution in [2.75, 3.05) is 23.8 Å². The lowest BCUT2D eigenvalue weighted by Gasteiger charge is -2.50. The molecule has 1 aliphatic heterocycles. The number of nitrogens with one attached hydrogen (secondary N) is 2. The molecular weight excluding hydrogens is 471 g/mol. The molecule has 192 valence electrons. The maximum Gasteiger partial charge on any atom is 0.208 e. The third-order valence-corrected chi connectivity index (χ3v) is 8.12. The molecule has 3 aromatic rings. The number of pyridine rings is 1. The van der Waals surface area contributed by atoms with Crippen molar-refractivity contribution in [1.82, 2.24) is 14.5 Å². The van der Waals surface area contributed by atoms with Gasteiger partial charge in [-0.15, -0.1) is 0 Å². The molecule has 7 nitrogen and oxygen atoms in total. The van der Waals surface area contributed by atoms with E-state index in [1.165, 1.54) is 0 Å². The third-order valence-electron chi connectivity index (χ3n) is 8.12. The van der Waals surface area contributed by atoms with E-state index in [4.69, 9.17) is 4.74 Å². The van der Waals surface area contributed by atoms with E-state index in [1.54, 1.807) is 6.20 Å². The minimum Gasteiger partial charge on any atom is -0.393 e. The van der Waals surface area contributed by atoms with Crippen molar-refractivity contribution in [3.63, 3.8) is 0 Å². The van der Waals surface area contributed by atoms with Crippen LogP contribution in [0.3, 0.4) is 0 Å². The summed E-state index contributed by atoms with van der Waals surface area (Å²) in [5.74, 6) is -1.99. The summed E-state index contributed by atoms with van der Waals surface area (Å²) >= 11 is 0. The Bertz CT molecular complexity index is 1240. The zero-order valence-electron chi connectivity index (χ0n) is 19.9. The molecule has 3 fully saturated rings. The van der Waals surface area contributed by atoms with E-state index in [1.807, 2.05) is 10.6 Å². The fourth-order valence-electron chi connectivity index (χ4n) is 6.07. The fourth-order valence-corrected chi connectivity index (χ4v) is 6.07. The Morgan fingerprint density at radius 3 is 2.39 bits per heavy atom. The molecule has 0 bridgehead atoms. The van der Waals surface area contributed by atoms with Crippen LogP contribution in [0.25, 0.3) is 11.0 Å². The Morgan fingerprint density at radius 1 is 1.00 bits per heavy atom. The molecule has 1 saturated heterocycles. The summed E-state index contributed by atoms with van der Waals surface area (Å²) in [5, 5.41) is 16.1. The lowest BCUT2D eigenvalue weighted by molar-refractivity contribution is -0.0528. The highest BCUT2D eigenvalue weighted by Gasteiger charge is 2.46. The van der Waals surface area contributed by atoms with Crippen molar-refractivity contribution in [2.24, 2.45) is 5.41 Å². The SMILES string of the molecule is OC1CCC(Nc2cc3c(cn2)nc(Nc2c(F)cc(F)cc2F)n3C2CC3(CCOCC3)C2)CC1. The minimum atomic E-state index is -1.01. The molecule has 3 aliphatic rings. The monoisotopic (exact) mass is 501 g/mol. The lowest BCUT2D eigenvalue weighted by atomic mass is 9.61. The first-order valence-electron chi connectivity index (χ1n) is 12.7. The van der Waals surface area contributed by atoms with Gasteiger partial charge in [0.1, 0.15) is 22.8 Å². The van der Waals surface area contributed by atoms with Gasteiger partial charge in [-0.1, -0.05) is 0 Å². The number of aliphatic hydroxyl groups excluding tert-OH is 1. The summed E-state index contributed by atoms with van der Waals surface area (Å²) in [7, 11) is 0. The zero-order chi connectivity index (χ0) is 24.9. The highest BCUT2D eigenvalue weighted by molar-refractivity contribution is 5.81. The van der Waals surface area contributed by atoms with Crippen LogP contribution in [0.15, 0.2) is 24.4 Å². The number of aromatic nitrogens is 3. The molecule has 2 aromatic heterocycles. The van der Waals surface area contributed by atoms with Gasteiger partial charge in [-0.2, -0.15) is 0 Å². The molecule has 2 saturated carbocycles. The Kier molecular flexibility index (Phi) is 6.03. The van der Waals surface area contributed by atoms with Crippen molar-refractivity contribution in [1.29, 1.82) is 0 Å². The van der Waals surface area contributed by atoms with Crippen LogP contribution in [0.1, 0.15) is 57.4 Å². The summed E-state index contributed by atoms with van der Waals surface area (Å²) in [6.45, 7) is 1.51. The number of fused-ring (bicyclic) bond motifs is 1. The Labute approximate surface area is 207 Å². The van der Waals surface area contributed by atoms with Gasteiger partial charge in [0, 0.05) is 43.5 Å². The third kappa shape index (κ3) is 4.41. The molecule has 0 unspecified atom stereocenters. The minimum absolute atomic E-state index is 0.0993. The van der Waals surface area contributed by atoms with Crippen LogP contribution in [0.4, 0.5) is 30.6 Å². The second kappa shape index (κ2) is 9.23. The smallest absolute Gasteiger partial charge is 0.208 e. The number of benzene rings is 1. The first kappa shape index (κ1) is 23.5. The van der Waals surface area contributed by atoms with Gasteiger partial charge in [-0.3, -0.25) is 0 Å². The average molecular weight is 502 g/mol. The largest absolute Gasteiger partial charge is 0.393 e. The predicted molar refractivity (Wildman–Crippen MR) is 130 cm³/mol. The molecule has 0 amide bonds. The number of rotatable bonds is 5. The Morgan fingerprint density at radius 2 is 1.69 bits per heavy atom. The number of imidazole rings is 1. The molecule has 1 spiro atoms. The Hall–Kier alpha value is -2.85. The van der Waals surface area contributed by atoms with Crippen molar-refractivity contribution >= 4 is 28.5 Å². The average Bonchev–Trinajstić information content (AvgIpc) is 3.18. The maximum atomic E-state index is 14.5. The van der Waals surface area contributed by atoms with Gasteiger partial charge < -0.3 is 25.0 Å². The van der Waals surface area contributed by atoms with E-state index in [0.29, 0.717) is 29.4 Å². The number of hydrogen-bond acceptors (Lipinski definition) is 6. The summed E-state index contributed by atoms with van der Waals surface area (Å²) in [5.41, 5.74) is 1.22. The normalized spacial score (nSPS) is 24.1. The first-order valence-corrected chi connectivity index (χ1v) is 12.7. The van der Waals surface area contributed by atoms with Crippen LogP contribution in [-0.2, 0) is 4.74 Å². The molecule has 36 heavy (non-hydrogen) atoms.